The molecule has 0 radical (unpaired) electrons. The maximum Gasteiger partial charge on any atom is 0.162 e. The van der Waals surface area contributed by atoms with Crippen LogP contribution in [-0.4, -0.2) is 11.8 Å². The summed E-state index contributed by atoms with van der Waals surface area (Å²) in [5.74, 6) is 0.827. The molecule has 1 aromatic rings. The Morgan fingerprint density at radius 1 is 1.18 bits per heavy atom. The van der Waals surface area contributed by atoms with Crippen molar-refractivity contribution in [2.45, 2.75) is 67.4 Å². The smallest absolute Gasteiger partial charge is 0.162 e. The maximum atomic E-state index is 5.20. The van der Waals surface area contributed by atoms with E-state index in [0.717, 1.165) is 17.9 Å². The topological polar surface area (TPSA) is 35.3 Å². The summed E-state index contributed by atoms with van der Waals surface area (Å²) in [4.78, 5) is 0. The zero-order valence-corrected chi connectivity index (χ0v) is 12.4. The summed E-state index contributed by atoms with van der Waals surface area (Å²) in [6, 6.07) is 1.98. The highest BCUT2D eigenvalue weighted by Gasteiger charge is 2.02. The maximum absolute atomic E-state index is 5.20. The molecular formula is C14H29NO2. The first kappa shape index (κ1) is 18.5. The van der Waals surface area contributed by atoms with Gasteiger partial charge < -0.3 is 9.26 Å². The van der Waals surface area contributed by atoms with E-state index in [4.69, 9.17) is 9.26 Å². The van der Waals surface area contributed by atoms with E-state index in [2.05, 4.69) is 12.1 Å². The predicted octanol–water partition coefficient (Wildman–Crippen LogP) is 4.61. The number of rotatable bonds is 6. The van der Waals surface area contributed by atoms with E-state index < -0.39 is 0 Å². The molecule has 0 aliphatic rings. The second-order valence-corrected chi connectivity index (χ2v) is 3.03. The second kappa shape index (κ2) is 15.2. The summed E-state index contributed by atoms with van der Waals surface area (Å²) < 4.78 is 10.3. The number of aromatic nitrogens is 1. The van der Waals surface area contributed by atoms with Crippen LogP contribution in [0.3, 0.4) is 0 Å². The van der Waals surface area contributed by atoms with Gasteiger partial charge in [-0.15, -0.1) is 0 Å². The van der Waals surface area contributed by atoms with Crippen molar-refractivity contribution in [2.75, 3.05) is 6.61 Å². The Morgan fingerprint density at radius 2 is 1.82 bits per heavy atom. The van der Waals surface area contributed by atoms with E-state index in [9.17, 15) is 0 Å². The molecule has 0 aliphatic heterocycles. The van der Waals surface area contributed by atoms with Gasteiger partial charge in [0.05, 0.1) is 5.69 Å². The van der Waals surface area contributed by atoms with Crippen LogP contribution < -0.4 is 0 Å². The Kier molecular flexibility index (Phi) is 16.5. The van der Waals surface area contributed by atoms with Crippen molar-refractivity contribution in [3.05, 3.63) is 17.5 Å². The summed E-state index contributed by atoms with van der Waals surface area (Å²) in [5, 5.41) is 3.95. The molecule has 1 aromatic heterocycles. The molecule has 17 heavy (non-hydrogen) atoms. The zero-order chi connectivity index (χ0) is 13.5. The third-order valence-corrected chi connectivity index (χ3v) is 1.84. The lowest BCUT2D eigenvalue weighted by Crippen LogP contribution is -1.88. The van der Waals surface area contributed by atoms with Crippen molar-refractivity contribution in [3.8, 4) is 0 Å². The standard InChI is InChI=1S/C10H17NO2.2C2H6/c1-3-5-6-9-7-10(13-11-9)8-12-4-2;2*1-2/h7H,3-6,8H2,1-2H3;2*1-2H3. The normalized spacial score (nSPS) is 8.82. The van der Waals surface area contributed by atoms with Gasteiger partial charge in [-0.1, -0.05) is 46.2 Å². The minimum absolute atomic E-state index is 0.537. The number of nitrogens with zero attached hydrogens (tertiary/aromatic N) is 1. The Labute approximate surface area is 107 Å². The predicted molar refractivity (Wildman–Crippen MR) is 73.1 cm³/mol. The molecule has 0 aromatic carbocycles. The van der Waals surface area contributed by atoms with Crippen LogP contribution in [-0.2, 0) is 17.8 Å². The molecule has 0 amide bonds. The van der Waals surface area contributed by atoms with Gasteiger partial charge in [0.1, 0.15) is 6.61 Å². The molecule has 0 fully saturated rings. The highest BCUT2D eigenvalue weighted by Crippen LogP contribution is 2.07. The molecule has 0 spiro atoms. The lowest BCUT2D eigenvalue weighted by molar-refractivity contribution is 0.112. The molecule has 1 heterocycles. The van der Waals surface area contributed by atoms with Crippen LogP contribution in [0.4, 0.5) is 0 Å². The van der Waals surface area contributed by atoms with E-state index in [-0.39, 0.29) is 0 Å². The number of ether oxygens (including phenoxy) is 1. The van der Waals surface area contributed by atoms with Crippen molar-refractivity contribution in [3.63, 3.8) is 0 Å². The quantitative estimate of drug-likeness (QED) is 0.732. The van der Waals surface area contributed by atoms with Gasteiger partial charge >= 0.3 is 0 Å². The summed E-state index contributed by atoms with van der Waals surface area (Å²) in [7, 11) is 0. The van der Waals surface area contributed by atoms with Gasteiger partial charge in [-0.05, 0) is 19.8 Å². The van der Waals surface area contributed by atoms with Gasteiger partial charge in [0, 0.05) is 12.7 Å². The molecule has 0 aliphatic carbocycles. The number of aryl methyl sites for hydroxylation is 1. The van der Waals surface area contributed by atoms with E-state index in [0.29, 0.717) is 13.2 Å². The van der Waals surface area contributed by atoms with Crippen LogP contribution in [0, 0.1) is 0 Å². The minimum atomic E-state index is 0.537. The van der Waals surface area contributed by atoms with Crippen LogP contribution in [0.15, 0.2) is 10.6 Å². The summed E-state index contributed by atoms with van der Waals surface area (Å²) >= 11 is 0. The van der Waals surface area contributed by atoms with Crippen LogP contribution in [0.25, 0.3) is 0 Å². The van der Waals surface area contributed by atoms with Crippen molar-refractivity contribution in [1.29, 1.82) is 0 Å². The van der Waals surface area contributed by atoms with Crippen molar-refractivity contribution < 1.29 is 9.26 Å². The lowest BCUT2D eigenvalue weighted by Gasteiger charge is -1.93. The number of unbranched alkanes of at least 4 members (excludes halogenated alkanes) is 1. The monoisotopic (exact) mass is 243 g/mol. The first-order chi connectivity index (χ1) is 8.36. The Balaban J connectivity index is 0. The van der Waals surface area contributed by atoms with Gasteiger partial charge in [0.15, 0.2) is 5.76 Å². The van der Waals surface area contributed by atoms with E-state index in [1.165, 1.54) is 12.8 Å². The van der Waals surface area contributed by atoms with Crippen LogP contribution in [0.5, 0.6) is 0 Å². The molecular weight excluding hydrogens is 214 g/mol. The van der Waals surface area contributed by atoms with Crippen molar-refractivity contribution in [2.24, 2.45) is 0 Å². The van der Waals surface area contributed by atoms with E-state index in [1.807, 2.05) is 40.7 Å². The Morgan fingerprint density at radius 3 is 2.35 bits per heavy atom. The van der Waals surface area contributed by atoms with E-state index in [1.54, 1.807) is 0 Å². The first-order valence-corrected chi connectivity index (χ1v) is 6.89. The van der Waals surface area contributed by atoms with Gasteiger partial charge in [-0.25, -0.2) is 0 Å². The van der Waals surface area contributed by atoms with Crippen LogP contribution >= 0.6 is 0 Å². The SMILES string of the molecule is CC.CC.CCCCc1cc(COCC)on1. The summed E-state index contributed by atoms with van der Waals surface area (Å²) in [5.41, 5.74) is 1.04. The molecule has 0 saturated heterocycles. The fourth-order valence-electron chi connectivity index (χ4n) is 1.10. The van der Waals surface area contributed by atoms with Gasteiger partial charge in [0.25, 0.3) is 0 Å². The van der Waals surface area contributed by atoms with Crippen molar-refractivity contribution in [1.82, 2.24) is 5.16 Å². The molecule has 1 rings (SSSR count). The molecule has 0 unspecified atom stereocenters. The highest BCUT2D eigenvalue weighted by molar-refractivity contribution is 5.04. The second-order valence-electron chi connectivity index (χ2n) is 3.03. The Hall–Kier alpha value is -0.830. The average molecular weight is 243 g/mol. The fourth-order valence-corrected chi connectivity index (χ4v) is 1.10. The largest absolute Gasteiger partial charge is 0.374 e. The van der Waals surface area contributed by atoms with Crippen LogP contribution in [0.1, 0.15) is 65.8 Å². The molecule has 3 nitrogen and oxygen atoms in total. The van der Waals surface area contributed by atoms with Gasteiger partial charge in [0.2, 0.25) is 0 Å². The molecule has 0 bridgehead atoms. The summed E-state index contributed by atoms with van der Waals surface area (Å²) in [6.45, 7) is 13.4. The first-order valence-electron chi connectivity index (χ1n) is 6.89. The third kappa shape index (κ3) is 10.1. The van der Waals surface area contributed by atoms with Gasteiger partial charge in [-0.3, -0.25) is 0 Å². The van der Waals surface area contributed by atoms with E-state index >= 15 is 0 Å². The molecule has 0 saturated carbocycles. The fraction of sp³-hybridized carbons (Fsp3) is 0.786. The average Bonchev–Trinajstić information content (AvgIpc) is 2.86. The van der Waals surface area contributed by atoms with Crippen LogP contribution in [0.2, 0.25) is 0 Å². The number of hydrogen-bond acceptors (Lipinski definition) is 3. The molecule has 102 valence electrons. The van der Waals surface area contributed by atoms with Gasteiger partial charge in [-0.2, -0.15) is 0 Å². The lowest BCUT2D eigenvalue weighted by atomic mass is 10.2. The summed E-state index contributed by atoms with van der Waals surface area (Å²) in [6.07, 6.45) is 3.36. The molecule has 0 atom stereocenters. The third-order valence-electron chi connectivity index (χ3n) is 1.84. The van der Waals surface area contributed by atoms with Crippen molar-refractivity contribution >= 4 is 0 Å². The highest BCUT2D eigenvalue weighted by atomic mass is 16.5. The molecule has 0 N–H and O–H groups in total. The molecule has 3 heteroatoms. The Bertz CT molecular complexity index is 211. The minimum Gasteiger partial charge on any atom is -0.374 e. The number of hydrogen-bond donors (Lipinski definition) is 0. The zero-order valence-electron chi connectivity index (χ0n) is 12.4.